The first-order valence-electron chi connectivity index (χ1n) is 5.91. The van der Waals surface area contributed by atoms with Crippen LogP contribution >= 0.6 is 15.9 Å². The summed E-state index contributed by atoms with van der Waals surface area (Å²) < 4.78 is 6.06. The summed E-state index contributed by atoms with van der Waals surface area (Å²) in [6.07, 6.45) is 0.732. The van der Waals surface area contributed by atoms with Crippen molar-refractivity contribution in [2.75, 3.05) is 19.0 Å². The Hall–Kier alpha value is -0.910. The topological polar surface area (TPSA) is 64.4 Å². The van der Waals surface area contributed by atoms with E-state index in [1.165, 1.54) is 0 Å². The predicted octanol–water partition coefficient (Wildman–Crippen LogP) is 2.52. The lowest BCUT2D eigenvalue weighted by molar-refractivity contribution is -0.119. The van der Waals surface area contributed by atoms with Crippen molar-refractivity contribution in [3.05, 3.63) is 28.2 Å². The van der Waals surface area contributed by atoms with E-state index in [0.717, 1.165) is 22.1 Å². The average Bonchev–Trinajstić information content (AvgIpc) is 2.35. The summed E-state index contributed by atoms with van der Waals surface area (Å²) in [6.45, 7) is 2.75. The van der Waals surface area contributed by atoms with Crippen LogP contribution in [0, 0.1) is 5.92 Å². The standard InChI is InChI=1S/C13H19BrN2O2/c1-3-9(7-15)13(17)16-12-6-4-5-11(14)10(12)8-18-2/h4-6,9H,3,7-8,15H2,1-2H3,(H,16,17). The van der Waals surface area contributed by atoms with Crippen LogP contribution in [-0.4, -0.2) is 19.6 Å². The summed E-state index contributed by atoms with van der Waals surface area (Å²) in [5.41, 5.74) is 7.27. The van der Waals surface area contributed by atoms with Crippen molar-refractivity contribution >= 4 is 27.5 Å². The third-order valence-corrected chi connectivity index (χ3v) is 3.56. The third-order valence-electron chi connectivity index (χ3n) is 2.81. The van der Waals surface area contributed by atoms with Gasteiger partial charge in [-0.3, -0.25) is 4.79 Å². The van der Waals surface area contributed by atoms with Crippen molar-refractivity contribution in [3.8, 4) is 0 Å². The highest BCUT2D eigenvalue weighted by Gasteiger charge is 2.16. The molecule has 5 heteroatoms. The van der Waals surface area contributed by atoms with E-state index in [0.29, 0.717) is 13.2 Å². The van der Waals surface area contributed by atoms with E-state index in [1.54, 1.807) is 7.11 Å². The number of anilines is 1. The number of carbonyl (C=O) groups is 1. The van der Waals surface area contributed by atoms with Crippen molar-refractivity contribution in [3.63, 3.8) is 0 Å². The number of hydrogen-bond donors (Lipinski definition) is 2. The van der Waals surface area contributed by atoms with Gasteiger partial charge in [-0.15, -0.1) is 0 Å². The zero-order chi connectivity index (χ0) is 13.5. The number of nitrogens with two attached hydrogens (primary N) is 1. The number of nitrogens with one attached hydrogen (secondary N) is 1. The molecular weight excluding hydrogens is 296 g/mol. The monoisotopic (exact) mass is 314 g/mol. The van der Waals surface area contributed by atoms with Crippen LogP contribution in [0.4, 0.5) is 5.69 Å². The van der Waals surface area contributed by atoms with Gasteiger partial charge in [0.1, 0.15) is 0 Å². The largest absolute Gasteiger partial charge is 0.380 e. The molecular formula is C13H19BrN2O2. The average molecular weight is 315 g/mol. The van der Waals surface area contributed by atoms with E-state index in [4.69, 9.17) is 10.5 Å². The van der Waals surface area contributed by atoms with Gasteiger partial charge in [-0.25, -0.2) is 0 Å². The predicted molar refractivity (Wildman–Crippen MR) is 76.3 cm³/mol. The highest BCUT2D eigenvalue weighted by molar-refractivity contribution is 9.10. The van der Waals surface area contributed by atoms with E-state index in [2.05, 4.69) is 21.2 Å². The van der Waals surface area contributed by atoms with Gasteiger partial charge in [0.15, 0.2) is 0 Å². The molecule has 0 aliphatic rings. The van der Waals surface area contributed by atoms with Gasteiger partial charge >= 0.3 is 0 Å². The molecule has 1 rings (SSSR count). The quantitative estimate of drug-likeness (QED) is 0.848. The minimum absolute atomic E-state index is 0.0459. The fourth-order valence-corrected chi connectivity index (χ4v) is 2.14. The van der Waals surface area contributed by atoms with Crippen LogP contribution in [0.5, 0.6) is 0 Å². The minimum atomic E-state index is -0.153. The number of halogens is 1. The molecule has 1 aromatic carbocycles. The van der Waals surface area contributed by atoms with Crippen LogP contribution in [0.15, 0.2) is 22.7 Å². The molecule has 0 aliphatic heterocycles. The second-order valence-electron chi connectivity index (χ2n) is 4.03. The van der Waals surface area contributed by atoms with Crippen LogP contribution in [0.2, 0.25) is 0 Å². The van der Waals surface area contributed by atoms with Crippen LogP contribution in [-0.2, 0) is 16.1 Å². The van der Waals surface area contributed by atoms with Crippen molar-refractivity contribution in [2.45, 2.75) is 20.0 Å². The number of rotatable bonds is 6. The SMILES string of the molecule is CCC(CN)C(=O)Nc1cccc(Br)c1COC. The first-order chi connectivity index (χ1) is 8.63. The number of benzene rings is 1. The number of methoxy groups -OCH3 is 1. The summed E-state index contributed by atoms with van der Waals surface area (Å²) in [5, 5.41) is 2.91. The summed E-state index contributed by atoms with van der Waals surface area (Å²) in [6, 6.07) is 5.66. The Morgan fingerprint density at radius 3 is 2.83 bits per heavy atom. The lowest BCUT2D eigenvalue weighted by Gasteiger charge is -2.16. The summed E-state index contributed by atoms with van der Waals surface area (Å²) >= 11 is 3.45. The molecule has 0 spiro atoms. The number of ether oxygens (including phenoxy) is 1. The van der Waals surface area contributed by atoms with Crippen molar-refractivity contribution in [1.82, 2.24) is 0 Å². The summed E-state index contributed by atoms with van der Waals surface area (Å²) in [7, 11) is 1.62. The van der Waals surface area contributed by atoms with Gasteiger partial charge in [0, 0.05) is 29.4 Å². The summed E-state index contributed by atoms with van der Waals surface area (Å²) in [5.74, 6) is -0.199. The molecule has 0 heterocycles. The van der Waals surface area contributed by atoms with Crippen molar-refractivity contribution in [1.29, 1.82) is 0 Å². The molecule has 100 valence electrons. The Balaban J connectivity index is 2.90. The maximum Gasteiger partial charge on any atom is 0.228 e. The summed E-state index contributed by atoms with van der Waals surface area (Å²) in [4.78, 5) is 12.0. The molecule has 0 saturated heterocycles. The first-order valence-corrected chi connectivity index (χ1v) is 6.70. The van der Waals surface area contributed by atoms with Gasteiger partial charge < -0.3 is 15.8 Å². The zero-order valence-electron chi connectivity index (χ0n) is 10.7. The molecule has 4 nitrogen and oxygen atoms in total. The highest BCUT2D eigenvalue weighted by Crippen LogP contribution is 2.26. The number of hydrogen-bond acceptors (Lipinski definition) is 3. The molecule has 0 saturated carbocycles. The maximum atomic E-state index is 12.0. The van der Waals surface area contributed by atoms with E-state index in [-0.39, 0.29) is 11.8 Å². The van der Waals surface area contributed by atoms with Gasteiger partial charge in [-0.05, 0) is 18.6 Å². The van der Waals surface area contributed by atoms with Gasteiger partial charge in [-0.1, -0.05) is 28.9 Å². The second kappa shape index (κ2) is 7.51. The van der Waals surface area contributed by atoms with E-state index < -0.39 is 0 Å². The molecule has 0 bridgehead atoms. The normalized spacial score (nSPS) is 12.2. The van der Waals surface area contributed by atoms with Gasteiger partial charge in [0.25, 0.3) is 0 Å². The van der Waals surface area contributed by atoms with Crippen molar-refractivity contribution < 1.29 is 9.53 Å². The molecule has 0 fully saturated rings. The van der Waals surface area contributed by atoms with E-state index in [9.17, 15) is 4.79 Å². The molecule has 1 aromatic rings. The lowest BCUT2D eigenvalue weighted by Crippen LogP contribution is -2.29. The van der Waals surface area contributed by atoms with Crippen LogP contribution < -0.4 is 11.1 Å². The molecule has 0 radical (unpaired) electrons. The molecule has 0 aromatic heterocycles. The zero-order valence-corrected chi connectivity index (χ0v) is 12.3. The van der Waals surface area contributed by atoms with Gasteiger partial charge in [-0.2, -0.15) is 0 Å². The minimum Gasteiger partial charge on any atom is -0.380 e. The molecule has 1 unspecified atom stereocenters. The van der Waals surface area contributed by atoms with Crippen LogP contribution in [0.1, 0.15) is 18.9 Å². The second-order valence-corrected chi connectivity index (χ2v) is 4.88. The Morgan fingerprint density at radius 1 is 1.56 bits per heavy atom. The third kappa shape index (κ3) is 3.80. The number of carbonyl (C=O) groups excluding carboxylic acids is 1. The molecule has 1 amide bonds. The molecule has 3 N–H and O–H groups in total. The Kier molecular flexibility index (Phi) is 6.32. The first kappa shape index (κ1) is 15.1. The van der Waals surface area contributed by atoms with Gasteiger partial charge in [0.05, 0.1) is 12.5 Å². The smallest absolute Gasteiger partial charge is 0.228 e. The molecule has 1 atom stereocenters. The fourth-order valence-electron chi connectivity index (χ4n) is 1.66. The number of amides is 1. The van der Waals surface area contributed by atoms with Crippen LogP contribution in [0.3, 0.4) is 0 Å². The Bertz CT molecular complexity index is 406. The molecule has 0 aliphatic carbocycles. The van der Waals surface area contributed by atoms with Crippen molar-refractivity contribution in [2.24, 2.45) is 11.7 Å². The van der Waals surface area contributed by atoms with Crippen LogP contribution in [0.25, 0.3) is 0 Å². The highest BCUT2D eigenvalue weighted by atomic mass is 79.9. The Labute approximate surface area is 116 Å². The van der Waals surface area contributed by atoms with E-state index >= 15 is 0 Å². The Morgan fingerprint density at radius 2 is 2.28 bits per heavy atom. The maximum absolute atomic E-state index is 12.0. The van der Waals surface area contributed by atoms with E-state index in [1.807, 2.05) is 25.1 Å². The lowest BCUT2D eigenvalue weighted by atomic mass is 10.1. The fraction of sp³-hybridized carbons (Fsp3) is 0.462. The van der Waals surface area contributed by atoms with Gasteiger partial charge in [0.2, 0.25) is 5.91 Å². The molecule has 18 heavy (non-hydrogen) atoms.